The van der Waals surface area contributed by atoms with E-state index in [9.17, 15) is 4.79 Å². The summed E-state index contributed by atoms with van der Waals surface area (Å²) in [6.07, 6.45) is 0.792. The molecule has 0 unspecified atom stereocenters. The highest BCUT2D eigenvalue weighted by Crippen LogP contribution is 2.22. The summed E-state index contributed by atoms with van der Waals surface area (Å²) in [6.45, 7) is 3.56. The van der Waals surface area contributed by atoms with Gasteiger partial charge in [-0.1, -0.05) is 18.2 Å². The predicted molar refractivity (Wildman–Crippen MR) is 74.1 cm³/mol. The van der Waals surface area contributed by atoms with Gasteiger partial charge in [-0.15, -0.1) is 0 Å². The van der Waals surface area contributed by atoms with Gasteiger partial charge in [-0.2, -0.15) is 0 Å². The summed E-state index contributed by atoms with van der Waals surface area (Å²) < 4.78 is 10.5. The number of carbonyl (C=O) groups excluding carboxylic acids is 1. The van der Waals surface area contributed by atoms with E-state index in [2.05, 4.69) is 5.32 Å². The molecule has 1 aromatic rings. The molecule has 0 aliphatic rings. The van der Waals surface area contributed by atoms with E-state index in [1.807, 2.05) is 25.1 Å². The van der Waals surface area contributed by atoms with E-state index in [0.717, 1.165) is 17.5 Å². The van der Waals surface area contributed by atoms with Crippen molar-refractivity contribution in [1.29, 1.82) is 0 Å². The number of rotatable bonds is 8. The molecule has 0 heterocycles. The predicted octanol–water partition coefficient (Wildman–Crippen LogP) is 0.985. The number of carbonyl (C=O) groups is 1. The zero-order chi connectivity index (χ0) is 14.1. The minimum absolute atomic E-state index is 0.00480. The number of nitrogens with two attached hydrogens (primary N) is 1. The number of ether oxygens (including phenoxy) is 2. The smallest absolute Gasteiger partial charge is 0.257 e. The maximum absolute atomic E-state index is 11.6. The molecule has 5 heteroatoms. The molecule has 1 amide bonds. The summed E-state index contributed by atoms with van der Waals surface area (Å²) >= 11 is 0. The summed E-state index contributed by atoms with van der Waals surface area (Å²) in [5.41, 5.74) is 7.54. The average Bonchev–Trinajstić information content (AvgIpc) is 2.42. The van der Waals surface area contributed by atoms with E-state index < -0.39 is 0 Å². The van der Waals surface area contributed by atoms with Crippen LogP contribution in [0.1, 0.15) is 17.5 Å². The van der Waals surface area contributed by atoms with Crippen molar-refractivity contribution in [3.63, 3.8) is 0 Å². The Morgan fingerprint density at radius 3 is 2.89 bits per heavy atom. The van der Waals surface area contributed by atoms with E-state index in [0.29, 0.717) is 25.4 Å². The molecule has 106 valence electrons. The molecule has 0 aromatic heterocycles. The van der Waals surface area contributed by atoms with Gasteiger partial charge in [-0.25, -0.2) is 0 Å². The van der Waals surface area contributed by atoms with Crippen molar-refractivity contribution < 1.29 is 14.3 Å². The lowest BCUT2D eigenvalue weighted by Crippen LogP contribution is -2.30. The topological polar surface area (TPSA) is 73.6 Å². The van der Waals surface area contributed by atoms with Crippen molar-refractivity contribution in [3.05, 3.63) is 29.3 Å². The Morgan fingerprint density at radius 1 is 1.42 bits per heavy atom. The monoisotopic (exact) mass is 266 g/mol. The van der Waals surface area contributed by atoms with Gasteiger partial charge in [-0.3, -0.25) is 4.79 Å². The van der Waals surface area contributed by atoms with Crippen LogP contribution in [-0.2, 0) is 16.1 Å². The Morgan fingerprint density at radius 2 is 2.21 bits per heavy atom. The average molecular weight is 266 g/mol. The lowest BCUT2D eigenvalue weighted by Gasteiger charge is -2.13. The fourth-order valence-corrected chi connectivity index (χ4v) is 1.71. The van der Waals surface area contributed by atoms with Crippen LogP contribution in [0.2, 0.25) is 0 Å². The highest BCUT2D eigenvalue weighted by Gasteiger charge is 2.08. The van der Waals surface area contributed by atoms with Gasteiger partial charge in [0, 0.05) is 32.4 Å². The zero-order valence-corrected chi connectivity index (χ0v) is 11.6. The summed E-state index contributed by atoms with van der Waals surface area (Å²) in [5, 5.41) is 2.77. The Kier molecular flexibility index (Phi) is 6.92. The van der Waals surface area contributed by atoms with Gasteiger partial charge in [0.2, 0.25) is 0 Å². The molecule has 0 atom stereocenters. The number of hydrogen-bond acceptors (Lipinski definition) is 4. The minimum atomic E-state index is -0.137. The second-order valence-corrected chi connectivity index (χ2v) is 4.25. The molecule has 0 saturated carbocycles. The molecule has 0 bridgehead atoms. The molecule has 0 saturated heterocycles. The second-order valence-electron chi connectivity index (χ2n) is 4.25. The standard InChI is InChI=1S/C14H22N2O3/c1-11-5-3-6-12(9-15)14(11)19-10-13(17)16-7-4-8-18-2/h3,5-6H,4,7-10,15H2,1-2H3,(H,16,17). The Balaban J connectivity index is 2.42. The lowest BCUT2D eigenvalue weighted by molar-refractivity contribution is -0.123. The highest BCUT2D eigenvalue weighted by atomic mass is 16.5. The molecule has 0 fully saturated rings. The van der Waals surface area contributed by atoms with Gasteiger partial charge in [0.05, 0.1) is 0 Å². The summed E-state index contributed by atoms with van der Waals surface area (Å²) in [7, 11) is 1.64. The van der Waals surface area contributed by atoms with Crippen LogP contribution >= 0.6 is 0 Å². The summed E-state index contributed by atoms with van der Waals surface area (Å²) in [4.78, 5) is 11.6. The van der Waals surface area contributed by atoms with Gasteiger partial charge in [0.1, 0.15) is 5.75 Å². The molecule has 0 aliphatic heterocycles. The molecular weight excluding hydrogens is 244 g/mol. The minimum Gasteiger partial charge on any atom is -0.483 e. The van der Waals surface area contributed by atoms with Crippen LogP contribution in [0.4, 0.5) is 0 Å². The van der Waals surface area contributed by atoms with Crippen LogP contribution in [0.5, 0.6) is 5.75 Å². The van der Waals surface area contributed by atoms with Crippen LogP contribution in [0.3, 0.4) is 0 Å². The van der Waals surface area contributed by atoms with Crippen LogP contribution in [0.15, 0.2) is 18.2 Å². The quantitative estimate of drug-likeness (QED) is 0.688. The number of para-hydroxylation sites is 1. The molecule has 3 N–H and O–H groups in total. The maximum atomic E-state index is 11.6. The largest absolute Gasteiger partial charge is 0.483 e. The molecule has 1 aromatic carbocycles. The van der Waals surface area contributed by atoms with Gasteiger partial charge >= 0.3 is 0 Å². The Bertz CT molecular complexity index is 408. The number of hydrogen-bond donors (Lipinski definition) is 2. The second kappa shape index (κ2) is 8.50. The summed E-state index contributed by atoms with van der Waals surface area (Å²) in [6, 6.07) is 5.76. The molecule has 0 radical (unpaired) electrons. The van der Waals surface area contributed by atoms with E-state index in [4.69, 9.17) is 15.2 Å². The highest BCUT2D eigenvalue weighted by molar-refractivity contribution is 5.77. The van der Waals surface area contributed by atoms with Crippen molar-refractivity contribution in [2.75, 3.05) is 26.9 Å². The van der Waals surface area contributed by atoms with E-state index in [1.165, 1.54) is 0 Å². The molecule has 19 heavy (non-hydrogen) atoms. The SMILES string of the molecule is COCCCNC(=O)COc1c(C)cccc1CN. The van der Waals surface area contributed by atoms with Crippen molar-refractivity contribution in [3.8, 4) is 5.75 Å². The maximum Gasteiger partial charge on any atom is 0.257 e. The van der Waals surface area contributed by atoms with Gasteiger partial charge in [-0.05, 0) is 18.9 Å². The third-order valence-electron chi connectivity index (χ3n) is 2.71. The van der Waals surface area contributed by atoms with Crippen molar-refractivity contribution in [2.24, 2.45) is 5.73 Å². The third-order valence-corrected chi connectivity index (χ3v) is 2.71. The fourth-order valence-electron chi connectivity index (χ4n) is 1.71. The van der Waals surface area contributed by atoms with E-state index in [1.54, 1.807) is 7.11 Å². The number of methoxy groups -OCH3 is 1. The molecule has 1 rings (SSSR count). The third kappa shape index (κ3) is 5.28. The van der Waals surface area contributed by atoms with Crippen molar-refractivity contribution in [1.82, 2.24) is 5.32 Å². The van der Waals surface area contributed by atoms with Gasteiger partial charge in [0.25, 0.3) is 5.91 Å². The Hall–Kier alpha value is -1.59. The van der Waals surface area contributed by atoms with Crippen LogP contribution in [0, 0.1) is 6.92 Å². The molecular formula is C14H22N2O3. The fraction of sp³-hybridized carbons (Fsp3) is 0.500. The number of aryl methyl sites for hydroxylation is 1. The number of benzene rings is 1. The lowest BCUT2D eigenvalue weighted by atomic mass is 10.1. The van der Waals surface area contributed by atoms with Gasteiger partial charge in [0.15, 0.2) is 6.61 Å². The number of nitrogens with one attached hydrogen (secondary N) is 1. The number of amides is 1. The van der Waals surface area contributed by atoms with Crippen LogP contribution in [0.25, 0.3) is 0 Å². The van der Waals surface area contributed by atoms with Crippen LogP contribution < -0.4 is 15.8 Å². The summed E-state index contributed by atoms with van der Waals surface area (Å²) in [5.74, 6) is 0.569. The first-order chi connectivity index (χ1) is 9.19. The van der Waals surface area contributed by atoms with Gasteiger partial charge < -0.3 is 20.5 Å². The molecule has 0 aliphatic carbocycles. The molecule has 5 nitrogen and oxygen atoms in total. The van der Waals surface area contributed by atoms with Crippen molar-refractivity contribution >= 4 is 5.91 Å². The first-order valence-electron chi connectivity index (χ1n) is 6.36. The van der Waals surface area contributed by atoms with Crippen molar-refractivity contribution in [2.45, 2.75) is 19.9 Å². The normalized spacial score (nSPS) is 10.3. The first-order valence-corrected chi connectivity index (χ1v) is 6.36. The van der Waals surface area contributed by atoms with E-state index in [-0.39, 0.29) is 12.5 Å². The Labute approximate surface area is 114 Å². The van der Waals surface area contributed by atoms with E-state index >= 15 is 0 Å². The zero-order valence-electron chi connectivity index (χ0n) is 11.6. The first kappa shape index (κ1) is 15.5. The molecule has 0 spiro atoms. The van der Waals surface area contributed by atoms with Crippen LogP contribution in [-0.4, -0.2) is 32.8 Å².